The van der Waals surface area contributed by atoms with Crippen molar-refractivity contribution < 1.29 is 30.7 Å². The molecule has 0 heterocycles. The summed E-state index contributed by atoms with van der Waals surface area (Å²) >= 11 is 5.38. The highest BCUT2D eigenvalue weighted by molar-refractivity contribution is 7.88. The van der Waals surface area contributed by atoms with Crippen LogP contribution in [0.3, 0.4) is 0 Å². The first-order valence-corrected chi connectivity index (χ1v) is 5.78. The smallest absolute Gasteiger partial charge is 0.374 e. The second-order valence-electron chi connectivity index (χ2n) is 2.86. The Labute approximate surface area is 103 Å². The number of halogens is 4. The number of alkyl halides is 3. The van der Waals surface area contributed by atoms with Crippen LogP contribution in [0.25, 0.3) is 0 Å². The van der Waals surface area contributed by atoms with Crippen molar-refractivity contribution in [3.63, 3.8) is 0 Å². The standard InChI is InChI=1S/C7H3ClF3NO5S/c8-5-2-1-4(12(13)14)3-6(5)17-18(15,16)7(9,10)11/h1-3H. The first-order valence-electron chi connectivity index (χ1n) is 3.99. The molecule has 0 radical (unpaired) electrons. The number of nitrogens with zero attached hydrogens (tertiary/aromatic N) is 1. The van der Waals surface area contributed by atoms with Crippen molar-refractivity contribution in [1.29, 1.82) is 0 Å². The van der Waals surface area contributed by atoms with E-state index in [0.29, 0.717) is 6.07 Å². The Morgan fingerprint density at radius 3 is 2.33 bits per heavy atom. The van der Waals surface area contributed by atoms with Gasteiger partial charge < -0.3 is 4.18 Å². The van der Waals surface area contributed by atoms with Gasteiger partial charge in [0.1, 0.15) is 0 Å². The van der Waals surface area contributed by atoms with Gasteiger partial charge in [-0.3, -0.25) is 10.1 Å². The molecule has 1 aromatic rings. The zero-order chi connectivity index (χ0) is 14.1. The number of hydrogen-bond acceptors (Lipinski definition) is 5. The molecule has 0 aliphatic heterocycles. The highest BCUT2D eigenvalue weighted by Gasteiger charge is 2.48. The minimum atomic E-state index is -5.92. The molecule has 100 valence electrons. The number of nitro benzene ring substituents is 1. The van der Waals surface area contributed by atoms with Gasteiger partial charge in [0.15, 0.2) is 5.75 Å². The largest absolute Gasteiger partial charge is 0.534 e. The van der Waals surface area contributed by atoms with Crippen molar-refractivity contribution in [2.24, 2.45) is 0 Å². The molecular weight excluding hydrogens is 303 g/mol. The lowest BCUT2D eigenvalue weighted by Crippen LogP contribution is -2.28. The predicted molar refractivity (Wildman–Crippen MR) is 53.7 cm³/mol. The lowest BCUT2D eigenvalue weighted by atomic mass is 10.3. The third-order valence-electron chi connectivity index (χ3n) is 1.61. The first kappa shape index (κ1) is 14.5. The van der Waals surface area contributed by atoms with E-state index >= 15 is 0 Å². The van der Waals surface area contributed by atoms with Crippen LogP contribution in [0.4, 0.5) is 18.9 Å². The predicted octanol–water partition coefficient (Wildman–Crippen LogP) is 2.48. The second-order valence-corrected chi connectivity index (χ2v) is 4.80. The van der Waals surface area contributed by atoms with Crippen molar-refractivity contribution in [3.8, 4) is 5.75 Å². The summed E-state index contributed by atoms with van der Waals surface area (Å²) in [4.78, 5) is 9.42. The Balaban J connectivity index is 3.20. The van der Waals surface area contributed by atoms with Crippen LogP contribution in [0.1, 0.15) is 0 Å². The summed E-state index contributed by atoms with van der Waals surface area (Å²) in [7, 11) is -5.92. The Morgan fingerprint density at radius 2 is 1.89 bits per heavy atom. The molecule has 18 heavy (non-hydrogen) atoms. The van der Waals surface area contributed by atoms with Crippen LogP contribution in [0.5, 0.6) is 5.75 Å². The van der Waals surface area contributed by atoms with E-state index in [1.54, 1.807) is 0 Å². The molecule has 0 bridgehead atoms. The van der Waals surface area contributed by atoms with E-state index in [-0.39, 0.29) is 0 Å². The van der Waals surface area contributed by atoms with E-state index in [4.69, 9.17) is 11.6 Å². The normalized spacial score (nSPS) is 12.2. The summed E-state index contributed by atoms with van der Waals surface area (Å²) in [6.45, 7) is 0. The maximum atomic E-state index is 12.0. The van der Waals surface area contributed by atoms with Gasteiger partial charge in [-0.1, -0.05) is 11.6 Å². The number of hydrogen-bond donors (Lipinski definition) is 0. The maximum absolute atomic E-state index is 12.0. The molecule has 6 nitrogen and oxygen atoms in total. The van der Waals surface area contributed by atoms with Crippen molar-refractivity contribution in [2.45, 2.75) is 5.51 Å². The molecule has 0 N–H and O–H groups in total. The molecule has 0 aromatic heterocycles. The molecule has 0 atom stereocenters. The molecule has 0 amide bonds. The van der Waals surface area contributed by atoms with Crippen LogP contribution in [0.2, 0.25) is 5.02 Å². The number of benzene rings is 1. The molecule has 0 fully saturated rings. The van der Waals surface area contributed by atoms with E-state index in [1.807, 2.05) is 0 Å². The van der Waals surface area contributed by atoms with Crippen LogP contribution in [0, 0.1) is 10.1 Å². The van der Waals surface area contributed by atoms with Gasteiger partial charge in [-0.2, -0.15) is 21.6 Å². The fourth-order valence-electron chi connectivity index (χ4n) is 0.835. The van der Waals surface area contributed by atoms with Crippen LogP contribution in [0.15, 0.2) is 18.2 Å². The van der Waals surface area contributed by atoms with Gasteiger partial charge in [-0.15, -0.1) is 0 Å². The van der Waals surface area contributed by atoms with E-state index in [2.05, 4.69) is 4.18 Å². The van der Waals surface area contributed by atoms with Gasteiger partial charge in [-0.25, -0.2) is 0 Å². The maximum Gasteiger partial charge on any atom is 0.534 e. The van der Waals surface area contributed by atoms with Crippen LogP contribution < -0.4 is 4.18 Å². The summed E-state index contributed by atoms with van der Waals surface area (Å²) in [6.07, 6.45) is 0. The minimum Gasteiger partial charge on any atom is -0.374 e. The fourth-order valence-corrected chi connectivity index (χ4v) is 1.51. The van der Waals surface area contributed by atoms with Crippen molar-refractivity contribution in [2.75, 3.05) is 0 Å². The third-order valence-corrected chi connectivity index (χ3v) is 2.89. The van der Waals surface area contributed by atoms with Gasteiger partial charge >= 0.3 is 15.6 Å². The minimum absolute atomic E-state index is 0.478. The van der Waals surface area contributed by atoms with E-state index < -0.39 is 37.0 Å². The van der Waals surface area contributed by atoms with E-state index in [0.717, 1.165) is 12.1 Å². The summed E-state index contributed by atoms with van der Waals surface area (Å²) < 4.78 is 61.1. The topological polar surface area (TPSA) is 86.5 Å². The van der Waals surface area contributed by atoms with Gasteiger partial charge in [0, 0.05) is 6.07 Å². The summed E-state index contributed by atoms with van der Waals surface area (Å²) in [5.74, 6) is -0.969. The lowest BCUT2D eigenvalue weighted by Gasteiger charge is -2.10. The third kappa shape index (κ3) is 3.01. The highest BCUT2D eigenvalue weighted by atomic mass is 35.5. The van der Waals surface area contributed by atoms with Crippen LogP contribution in [-0.2, 0) is 10.1 Å². The molecule has 1 aromatic carbocycles. The zero-order valence-electron chi connectivity index (χ0n) is 8.14. The average Bonchev–Trinajstić information content (AvgIpc) is 2.18. The first-order chi connectivity index (χ1) is 8.04. The lowest BCUT2D eigenvalue weighted by molar-refractivity contribution is -0.384. The van der Waals surface area contributed by atoms with Crippen molar-refractivity contribution >= 4 is 27.4 Å². The Morgan fingerprint density at radius 1 is 1.33 bits per heavy atom. The average molecular weight is 306 g/mol. The Hall–Kier alpha value is -1.55. The summed E-state index contributed by atoms with van der Waals surface area (Å²) in [5, 5.41) is 9.86. The molecule has 0 saturated heterocycles. The fraction of sp³-hybridized carbons (Fsp3) is 0.143. The molecular formula is C7H3ClF3NO5S. The molecule has 0 saturated carbocycles. The molecule has 0 unspecified atom stereocenters. The van der Waals surface area contributed by atoms with Gasteiger partial charge in [0.25, 0.3) is 5.69 Å². The van der Waals surface area contributed by atoms with Crippen LogP contribution >= 0.6 is 11.6 Å². The Kier molecular flexibility index (Phi) is 3.72. The van der Waals surface area contributed by atoms with Crippen LogP contribution in [-0.4, -0.2) is 18.8 Å². The second kappa shape index (κ2) is 4.61. The van der Waals surface area contributed by atoms with E-state index in [9.17, 15) is 31.7 Å². The highest BCUT2D eigenvalue weighted by Crippen LogP contribution is 2.33. The number of rotatable bonds is 3. The zero-order valence-corrected chi connectivity index (χ0v) is 9.71. The van der Waals surface area contributed by atoms with Crippen molar-refractivity contribution in [1.82, 2.24) is 0 Å². The molecule has 0 aliphatic carbocycles. The van der Waals surface area contributed by atoms with Gasteiger partial charge in [-0.05, 0) is 6.07 Å². The van der Waals surface area contributed by atoms with Crippen molar-refractivity contribution in [3.05, 3.63) is 33.3 Å². The molecule has 0 spiro atoms. The monoisotopic (exact) mass is 305 g/mol. The number of nitro groups is 1. The van der Waals surface area contributed by atoms with Gasteiger partial charge in [0.2, 0.25) is 0 Å². The van der Waals surface area contributed by atoms with Gasteiger partial charge in [0.05, 0.1) is 16.0 Å². The molecule has 11 heteroatoms. The molecule has 0 aliphatic rings. The SMILES string of the molecule is O=[N+]([O-])c1ccc(Cl)c(OS(=O)(=O)C(F)(F)F)c1. The quantitative estimate of drug-likeness (QED) is 0.370. The molecule has 1 rings (SSSR count). The Bertz CT molecular complexity index is 585. The number of non-ortho nitro benzene ring substituents is 1. The van der Waals surface area contributed by atoms with E-state index in [1.165, 1.54) is 0 Å². The summed E-state index contributed by atoms with van der Waals surface area (Å²) in [6, 6.07) is 2.21. The summed E-state index contributed by atoms with van der Waals surface area (Å²) in [5.41, 5.74) is -6.31.